The molecule has 0 saturated heterocycles. The molecule has 0 aliphatic heterocycles. The van der Waals surface area contributed by atoms with Crippen LogP contribution >= 0.6 is 7.92 Å². The quantitative estimate of drug-likeness (QED) is 0.539. The fourth-order valence-electron chi connectivity index (χ4n) is 1.63. The van der Waals surface area contributed by atoms with Gasteiger partial charge in [-0.2, -0.15) is 0 Å². The highest BCUT2D eigenvalue weighted by Crippen LogP contribution is 2.25. The Morgan fingerprint density at radius 3 is 2.20 bits per heavy atom. The molecule has 0 saturated carbocycles. The normalized spacial score (nSPS) is 10.1. The predicted octanol–water partition coefficient (Wildman–Crippen LogP) is 0.877. The molecule has 0 amide bonds. The lowest BCUT2D eigenvalue weighted by molar-refractivity contribution is -0.00000307. The average Bonchev–Trinajstić information content (AvgIpc) is 2.18. The summed E-state index contributed by atoms with van der Waals surface area (Å²) in [5, 5.41) is 0. The van der Waals surface area contributed by atoms with E-state index in [0.29, 0.717) is 0 Å². The summed E-state index contributed by atoms with van der Waals surface area (Å²) in [6.45, 7) is 4.81. The van der Waals surface area contributed by atoms with E-state index in [2.05, 4.69) is 43.7 Å². The van der Waals surface area contributed by atoms with Crippen LogP contribution in [0.2, 0.25) is 0 Å². The van der Waals surface area contributed by atoms with Crippen molar-refractivity contribution < 1.29 is 17.0 Å². The van der Waals surface area contributed by atoms with Crippen LogP contribution in [-0.2, 0) is 6.42 Å². The van der Waals surface area contributed by atoms with Crippen LogP contribution in [-0.4, -0.2) is 19.5 Å². The molecule has 0 aliphatic rings. The van der Waals surface area contributed by atoms with Gasteiger partial charge in [-0.25, -0.2) is 0 Å². The minimum absolute atomic E-state index is 0. The van der Waals surface area contributed by atoms with Gasteiger partial charge in [0.2, 0.25) is 0 Å². The molecule has 1 rings (SSSR count). The molecule has 0 aromatic heterocycles. The molecule has 0 spiro atoms. The number of hydrogen-bond acceptors (Lipinski definition) is 0. The lowest BCUT2D eigenvalue weighted by Crippen LogP contribution is -3.00. The minimum Gasteiger partial charge on any atom is -1.00 e. The van der Waals surface area contributed by atoms with Gasteiger partial charge in [-0.1, -0.05) is 30.3 Å². The SMILES string of the molecule is C[PH+](C)CCCCCc1ccccc1.[Br-]. The lowest BCUT2D eigenvalue weighted by atomic mass is 10.1. The van der Waals surface area contributed by atoms with Gasteiger partial charge in [0.25, 0.3) is 0 Å². The maximum absolute atomic E-state index is 2.40. The van der Waals surface area contributed by atoms with Gasteiger partial charge in [-0.05, 0) is 39.2 Å². The van der Waals surface area contributed by atoms with E-state index in [0.717, 1.165) is 0 Å². The van der Waals surface area contributed by atoms with Crippen LogP contribution in [0.15, 0.2) is 30.3 Å². The van der Waals surface area contributed by atoms with E-state index in [1.54, 1.807) is 0 Å². The number of unbranched alkanes of at least 4 members (excludes halogenated alkanes) is 2. The average molecular weight is 289 g/mol. The predicted molar refractivity (Wildman–Crippen MR) is 69.0 cm³/mol. The van der Waals surface area contributed by atoms with Gasteiger partial charge < -0.3 is 17.0 Å². The zero-order valence-electron chi connectivity index (χ0n) is 9.80. The van der Waals surface area contributed by atoms with Crippen LogP contribution in [0.5, 0.6) is 0 Å². The monoisotopic (exact) mass is 288 g/mol. The minimum atomic E-state index is 0. The third-order valence-corrected chi connectivity index (χ3v) is 3.84. The topological polar surface area (TPSA) is 0 Å². The number of rotatable bonds is 6. The summed E-state index contributed by atoms with van der Waals surface area (Å²) in [6, 6.07) is 10.8. The second-order valence-corrected chi connectivity index (χ2v) is 7.17. The second-order valence-electron chi connectivity index (χ2n) is 4.25. The first-order chi connectivity index (χ1) is 6.79. The van der Waals surface area contributed by atoms with Crippen molar-refractivity contribution in [3.8, 4) is 0 Å². The van der Waals surface area contributed by atoms with Crippen molar-refractivity contribution in [2.24, 2.45) is 0 Å². The third-order valence-electron chi connectivity index (χ3n) is 2.49. The molecule has 0 fully saturated rings. The van der Waals surface area contributed by atoms with Crippen molar-refractivity contribution in [2.75, 3.05) is 19.5 Å². The van der Waals surface area contributed by atoms with Crippen LogP contribution in [0, 0.1) is 0 Å². The third kappa shape index (κ3) is 7.99. The summed E-state index contributed by atoms with van der Waals surface area (Å²) < 4.78 is 0. The molecule has 0 bridgehead atoms. The van der Waals surface area contributed by atoms with Gasteiger partial charge in [0.05, 0.1) is 6.16 Å². The van der Waals surface area contributed by atoms with Crippen LogP contribution in [0.4, 0.5) is 0 Å². The molecule has 0 unspecified atom stereocenters. The van der Waals surface area contributed by atoms with Crippen molar-refractivity contribution in [2.45, 2.75) is 25.7 Å². The Morgan fingerprint density at radius 1 is 0.933 bits per heavy atom. The van der Waals surface area contributed by atoms with Crippen molar-refractivity contribution in [1.82, 2.24) is 0 Å². The molecular formula is C13H22BrP. The maximum atomic E-state index is 2.40. The first-order valence-corrected chi connectivity index (χ1v) is 8.32. The lowest BCUT2D eigenvalue weighted by Gasteiger charge is -2.01. The molecule has 1 aromatic rings. The maximum Gasteiger partial charge on any atom is 0.0566 e. The van der Waals surface area contributed by atoms with Gasteiger partial charge >= 0.3 is 0 Å². The van der Waals surface area contributed by atoms with Crippen LogP contribution in [0.1, 0.15) is 24.8 Å². The highest BCUT2D eigenvalue weighted by molar-refractivity contribution is 7.55. The zero-order valence-corrected chi connectivity index (χ0v) is 12.4. The van der Waals surface area contributed by atoms with Gasteiger partial charge in [0, 0.05) is 13.3 Å². The van der Waals surface area contributed by atoms with Gasteiger partial charge in [-0.3, -0.25) is 0 Å². The van der Waals surface area contributed by atoms with Crippen LogP contribution in [0.25, 0.3) is 0 Å². The first kappa shape index (κ1) is 15.1. The van der Waals surface area contributed by atoms with Gasteiger partial charge in [-0.15, -0.1) is 0 Å². The highest BCUT2D eigenvalue weighted by atomic mass is 79.9. The summed E-state index contributed by atoms with van der Waals surface area (Å²) in [7, 11) is 0.0209. The Morgan fingerprint density at radius 2 is 1.60 bits per heavy atom. The summed E-state index contributed by atoms with van der Waals surface area (Å²) >= 11 is 0. The van der Waals surface area contributed by atoms with E-state index in [4.69, 9.17) is 0 Å². The summed E-state index contributed by atoms with van der Waals surface area (Å²) in [4.78, 5) is 0. The number of hydrogen-bond donors (Lipinski definition) is 0. The molecular weight excluding hydrogens is 267 g/mol. The van der Waals surface area contributed by atoms with Crippen LogP contribution < -0.4 is 17.0 Å². The summed E-state index contributed by atoms with van der Waals surface area (Å²) in [5.74, 6) is 0. The first-order valence-electron chi connectivity index (χ1n) is 5.62. The summed E-state index contributed by atoms with van der Waals surface area (Å²) in [5.41, 5.74) is 1.49. The molecule has 0 atom stereocenters. The summed E-state index contributed by atoms with van der Waals surface area (Å²) in [6.07, 6.45) is 6.95. The number of halogens is 1. The number of benzene rings is 1. The van der Waals surface area contributed by atoms with E-state index in [9.17, 15) is 0 Å². The standard InChI is InChI=1S/C13H21P.BrH/c1-14(2)12-8-4-7-11-13-9-5-3-6-10-13;/h3,5-6,9-10H,4,7-8,11-12H2,1-2H3;1H. The fourth-order valence-corrected chi connectivity index (χ4v) is 2.59. The smallest absolute Gasteiger partial charge is 0.0566 e. The Labute approximate surface area is 106 Å². The molecule has 0 heterocycles. The Balaban J connectivity index is 0.00000196. The highest BCUT2D eigenvalue weighted by Gasteiger charge is 1.99. The Kier molecular flexibility index (Phi) is 9.44. The number of aryl methyl sites for hydroxylation is 1. The Bertz CT molecular complexity index is 234. The largest absolute Gasteiger partial charge is 1.00 e. The van der Waals surface area contributed by atoms with Crippen molar-refractivity contribution >= 4 is 7.92 Å². The van der Waals surface area contributed by atoms with Crippen molar-refractivity contribution in [3.63, 3.8) is 0 Å². The van der Waals surface area contributed by atoms with Crippen molar-refractivity contribution in [1.29, 1.82) is 0 Å². The van der Waals surface area contributed by atoms with E-state index < -0.39 is 0 Å². The molecule has 0 aliphatic carbocycles. The second kappa shape index (κ2) is 9.36. The van der Waals surface area contributed by atoms with E-state index in [-0.39, 0.29) is 24.9 Å². The molecule has 1 aromatic carbocycles. The van der Waals surface area contributed by atoms with Gasteiger partial charge in [0.15, 0.2) is 0 Å². The Hall–Kier alpha value is 0.130. The van der Waals surface area contributed by atoms with Crippen molar-refractivity contribution in [3.05, 3.63) is 35.9 Å². The molecule has 86 valence electrons. The molecule has 0 radical (unpaired) electrons. The molecule has 0 nitrogen and oxygen atoms in total. The van der Waals surface area contributed by atoms with E-state index in [1.807, 2.05) is 0 Å². The zero-order chi connectivity index (χ0) is 10.2. The van der Waals surface area contributed by atoms with Gasteiger partial charge in [0.1, 0.15) is 0 Å². The van der Waals surface area contributed by atoms with Crippen LogP contribution in [0.3, 0.4) is 0 Å². The fraction of sp³-hybridized carbons (Fsp3) is 0.538. The molecule has 15 heavy (non-hydrogen) atoms. The molecule has 0 N–H and O–H groups in total. The molecule has 2 heteroatoms. The van der Waals surface area contributed by atoms with E-state index in [1.165, 1.54) is 37.4 Å². The van der Waals surface area contributed by atoms with E-state index >= 15 is 0 Å².